The van der Waals surface area contributed by atoms with Crippen LogP contribution in [0.5, 0.6) is 0 Å². The van der Waals surface area contributed by atoms with E-state index < -0.39 is 0 Å². The molecule has 0 aliphatic rings. The van der Waals surface area contributed by atoms with Gasteiger partial charge in [0, 0.05) is 4.47 Å². The van der Waals surface area contributed by atoms with Gasteiger partial charge in [0.25, 0.3) is 0 Å². The second-order valence-electron chi connectivity index (χ2n) is 2.82. The number of halogens is 1. The Kier molecular flexibility index (Phi) is 4.55. The van der Waals surface area contributed by atoms with Crippen LogP contribution >= 0.6 is 15.9 Å². The molecule has 1 aromatic rings. The fourth-order valence-electron chi connectivity index (χ4n) is 1.01. The van der Waals surface area contributed by atoms with Crippen molar-refractivity contribution in [3.8, 4) is 0 Å². The van der Waals surface area contributed by atoms with Gasteiger partial charge in [-0.3, -0.25) is 0 Å². The molecule has 0 aliphatic carbocycles. The van der Waals surface area contributed by atoms with E-state index in [2.05, 4.69) is 46.8 Å². The number of hydrogen-bond acceptors (Lipinski definition) is 0. The summed E-state index contributed by atoms with van der Waals surface area (Å²) >= 11 is 3.40. The maximum atomic E-state index is 3.68. The normalized spacial score (nSPS) is 10.5. The van der Waals surface area contributed by atoms with E-state index in [0.717, 1.165) is 17.3 Å². The van der Waals surface area contributed by atoms with Crippen LogP contribution in [0.2, 0.25) is 0 Å². The molecule has 0 atom stereocenters. The minimum atomic E-state index is 1.05. The van der Waals surface area contributed by atoms with E-state index >= 15 is 0 Å². The average Bonchev–Trinajstić information content (AvgIpc) is 2.15. The lowest BCUT2D eigenvalue weighted by Gasteiger charge is -1.93. The zero-order valence-corrected chi connectivity index (χ0v) is 9.13. The Bertz CT molecular complexity index is 282. The summed E-state index contributed by atoms with van der Waals surface area (Å²) in [5, 5.41) is 0. The van der Waals surface area contributed by atoms with E-state index in [1.807, 2.05) is 18.2 Å². The second-order valence-corrected chi connectivity index (χ2v) is 3.74. The van der Waals surface area contributed by atoms with Crippen LogP contribution in [0.4, 0.5) is 0 Å². The van der Waals surface area contributed by atoms with Crippen molar-refractivity contribution in [2.75, 3.05) is 0 Å². The van der Waals surface area contributed by atoms with Crippen molar-refractivity contribution in [3.05, 3.63) is 53.0 Å². The fourth-order valence-corrected chi connectivity index (χ4v) is 1.27. The predicted octanol–water partition coefficient (Wildman–Crippen LogP) is 4.43. The third kappa shape index (κ3) is 4.09. The molecule has 0 unspecified atom stereocenters. The molecule has 0 heterocycles. The molecule has 0 spiro atoms. The highest BCUT2D eigenvalue weighted by Gasteiger charge is 1.86. The number of unbranched alkanes of at least 4 members (excludes halogenated alkanes) is 1. The highest BCUT2D eigenvalue weighted by Crippen LogP contribution is 2.11. The van der Waals surface area contributed by atoms with Crippen molar-refractivity contribution in [2.45, 2.75) is 12.8 Å². The molecule has 68 valence electrons. The van der Waals surface area contributed by atoms with Crippen LogP contribution in [0.25, 0.3) is 6.08 Å². The minimum absolute atomic E-state index is 1.05. The van der Waals surface area contributed by atoms with E-state index in [1.54, 1.807) is 0 Å². The quantitative estimate of drug-likeness (QED) is 0.536. The Morgan fingerprint density at radius 2 is 1.85 bits per heavy atom. The van der Waals surface area contributed by atoms with Gasteiger partial charge < -0.3 is 0 Å². The van der Waals surface area contributed by atoms with Crippen molar-refractivity contribution in [3.63, 3.8) is 0 Å². The lowest BCUT2D eigenvalue weighted by molar-refractivity contribution is 1.06. The highest BCUT2D eigenvalue weighted by molar-refractivity contribution is 9.10. The Labute approximate surface area is 88.1 Å². The molecule has 1 rings (SSSR count). The fraction of sp³-hybridized carbons (Fsp3) is 0.167. The molecule has 0 aliphatic heterocycles. The lowest BCUT2D eigenvalue weighted by Crippen LogP contribution is -1.70. The van der Waals surface area contributed by atoms with E-state index in [9.17, 15) is 0 Å². The van der Waals surface area contributed by atoms with E-state index in [4.69, 9.17) is 0 Å². The van der Waals surface area contributed by atoms with E-state index in [-0.39, 0.29) is 0 Å². The van der Waals surface area contributed by atoms with Gasteiger partial charge in [0.2, 0.25) is 0 Å². The molecule has 0 aromatic heterocycles. The summed E-state index contributed by atoms with van der Waals surface area (Å²) in [4.78, 5) is 0. The van der Waals surface area contributed by atoms with Crippen LogP contribution in [0.15, 0.2) is 47.5 Å². The minimum Gasteiger partial charge on any atom is -0.103 e. The van der Waals surface area contributed by atoms with E-state index in [0.29, 0.717) is 0 Å². The van der Waals surface area contributed by atoms with Crippen LogP contribution in [0, 0.1) is 0 Å². The molecule has 1 aromatic carbocycles. The van der Waals surface area contributed by atoms with Crippen molar-refractivity contribution in [1.29, 1.82) is 0 Å². The topological polar surface area (TPSA) is 0 Å². The molecule has 0 nitrogen and oxygen atoms in total. The first-order valence-corrected chi connectivity index (χ1v) is 5.15. The van der Waals surface area contributed by atoms with Crippen molar-refractivity contribution in [1.82, 2.24) is 0 Å². The Hall–Kier alpha value is -0.820. The molecule has 0 fully saturated rings. The van der Waals surface area contributed by atoms with Gasteiger partial charge in [-0.1, -0.05) is 46.3 Å². The Balaban J connectivity index is 2.49. The summed E-state index contributed by atoms with van der Waals surface area (Å²) in [5.74, 6) is 0. The van der Waals surface area contributed by atoms with Crippen molar-refractivity contribution < 1.29 is 0 Å². The third-order valence-corrected chi connectivity index (χ3v) is 2.25. The van der Waals surface area contributed by atoms with Gasteiger partial charge in [0.05, 0.1) is 0 Å². The largest absolute Gasteiger partial charge is 0.103 e. The number of rotatable bonds is 4. The summed E-state index contributed by atoms with van der Waals surface area (Å²) < 4.78 is 1.12. The van der Waals surface area contributed by atoms with Crippen LogP contribution in [0.1, 0.15) is 18.4 Å². The summed E-state index contributed by atoms with van der Waals surface area (Å²) in [6, 6.07) is 8.28. The first kappa shape index (κ1) is 10.3. The van der Waals surface area contributed by atoms with Crippen LogP contribution in [-0.2, 0) is 0 Å². The average molecular weight is 237 g/mol. The second kappa shape index (κ2) is 5.76. The summed E-state index contributed by atoms with van der Waals surface area (Å²) in [6.45, 7) is 3.68. The van der Waals surface area contributed by atoms with Crippen molar-refractivity contribution in [2.24, 2.45) is 0 Å². The number of allylic oxidation sites excluding steroid dienone is 2. The molecular weight excluding hydrogens is 224 g/mol. The molecular formula is C12H13Br. The maximum Gasteiger partial charge on any atom is 0.0175 e. The van der Waals surface area contributed by atoms with Gasteiger partial charge in [-0.05, 0) is 30.5 Å². The molecule has 0 saturated carbocycles. The monoisotopic (exact) mass is 236 g/mol. The van der Waals surface area contributed by atoms with Gasteiger partial charge in [-0.25, -0.2) is 0 Å². The SMILES string of the molecule is C=CCC/C=C/c1ccc(Br)cc1. The summed E-state index contributed by atoms with van der Waals surface area (Å²) in [6.07, 6.45) is 8.36. The van der Waals surface area contributed by atoms with Crippen LogP contribution < -0.4 is 0 Å². The molecule has 0 amide bonds. The third-order valence-electron chi connectivity index (χ3n) is 1.72. The summed E-state index contributed by atoms with van der Waals surface area (Å²) in [7, 11) is 0. The van der Waals surface area contributed by atoms with Gasteiger partial charge in [-0.15, -0.1) is 6.58 Å². The van der Waals surface area contributed by atoms with Gasteiger partial charge in [0.15, 0.2) is 0 Å². The van der Waals surface area contributed by atoms with Gasteiger partial charge in [0.1, 0.15) is 0 Å². The van der Waals surface area contributed by atoms with E-state index in [1.165, 1.54) is 5.56 Å². The van der Waals surface area contributed by atoms with Crippen molar-refractivity contribution >= 4 is 22.0 Å². The maximum absolute atomic E-state index is 3.68. The van der Waals surface area contributed by atoms with Crippen LogP contribution in [0.3, 0.4) is 0 Å². The van der Waals surface area contributed by atoms with Gasteiger partial charge in [-0.2, -0.15) is 0 Å². The first-order valence-electron chi connectivity index (χ1n) is 4.36. The summed E-state index contributed by atoms with van der Waals surface area (Å²) in [5.41, 5.74) is 1.24. The molecule has 0 bridgehead atoms. The number of hydrogen-bond donors (Lipinski definition) is 0. The molecule has 13 heavy (non-hydrogen) atoms. The highest BCUT2D eigenvalue weighted by atomic mass is 79.9. The lowest BCUT2D eigenvalue weighted by atomic mass is 10.2. The van der Waals surface area contributed by atoms with Crippen LogP contribution in [-0.4, -0.2) is 0 Å². The first-order chi connectivity index (χ1) is 6.33. The zero-order valence-electron chi connectivity index (χ0n) is 7.54. The zero-order chi connectivity index (χ0) is 9.52. The smallest absolute Gasteiger partial charge is 0.0175 e. The van der Waals surface area contributed by atoms with Gasteiger partial charge >= 0.3 is 0 Å². The number of benzene rings is 1. The molecule has 0 saturated heterocycles. The Morgan fingerprint density at radius 3 is 2.46 bits per heavy atom. The molecule has 0 radical (unpaired) electrons. The standard InChI is InChI=1S/C12H13Br/c1-2-3-4-5-6-11-7-9-12(13)10-8-11/h2,5-10H,1,3-4H2/b6-5+. The molecule has 0 N–H and O–H groups in total. The molecule has 1 heteroatoms. The predicted molar refractivity (Wildman–Crippen MR) is 62.6 cm³/mol. The Morgan fingerprint density at radius 1 is 1.15 bits per heavy atom.